The van der Waals surface area contributed by atoms with Crippen molar-refractivity contribution >= 4 is 11.8 Å². The highest BCUT2D eigenvalue weighted by atomic mass is 16.5. The molecule has 0 aromatic rings. The zero-order chi connectivity index (χ0) is 12.6. The summed E-state index contributed by atoms with van der Waals surface area (Å²) in [6.45, 7) is 6.79. The average molecular weight is 230 g/mol. The van der Waals surface area contributed by atoms with Gasteiger partial charge in [-0.3, -0.25) is 20.0 Å². The smallest absolute Gasteiger partial charge is 0.272 e. The molecule has 0 radical (unpaired) electrons. The van der Waals surface area contributed by atoms with Crippen LogP contribution >= 0.6 is 0 Å². The Morgan fingerprint density at radius 3 is 1.31 bits per heavy atom. The van der Waals surface area contributed by atoms with E-state index >= 15 is 0 Å². The highest BCUT2D eigenvalue weighted by Crippen LogP contribution is 2.24. The molecule has 0 bridgehead atoms. The van der Waals surface area contributed by atoms with E-state index in [0.29, 0.717) is 10.1 Å². The van der Waals surface area contributed by atoms with Crippen molar-refractivity contribution in [2.45, 2.75) is 39.8 Å². The fourth-order valence-electron chi connectivity index (χ4n) is 1.89. The van der Waals surface area contributed by atoms with E-state index in [1.807, 2.05) is 0 Å². The summed E-state index contributed by atoms with van der Waals surface area (Å²) >= 11 is 0. The number of amides is 2. The number of nitrogens with zero attached hydrogens (tertiary/aromatic N) is 2. The molecule has 0 aromatic carbocycles. The van der Waals surface area contributed by atoms with E-state index < -0.39 is 23.9 Å². The third kappa shape index (κ3) is 1.90. The van der Waals surface area contributed by atoms with Gasteiger partial charge in [-0.1, -0.05) is 27.7 Å². The second-order valence-electron chi connectivity index (χ2n) is 4.74. The molecule has 1 aliphatic rings. The Labute approximate surface area is 94.4 Å². The Kier molecular flexibility index (Phi) is 3.54. The van der Waals surface area contributed by atoms with Gasteiger partial charge in [0, 0.05) is 0 Å². The van der Waals surface area contributed by atoms with E-state index in [9.17, 15) is 20.0 Å². The van der Waals surface area contributed by atoms with Crippen molar-refractivity contribution in [2.24, 2.45) is 11.8 Å². The largest absolute Gasteiger partial charge is 0.285 e. The minimum absolute atomic E-state index is 0.260. The van der Waals surface area contributed by atoms with Crippen LogP contribution < -0.4 is 0 Å². The molecule has 16 heavy (non-hydrogen) atoms. The minimum Gasteiger partial charge on any atom is -0.285 e. The van der Waals surface area contributed by atoms with Crippen LogP contribution in [0.1, 0.15) is 27.7 Å². The Bertz CT molecular complexity index is 273. The monoisotopic (exact) mass is 230 g/mol. The molecule has 0 saturated carbocycles. The molecule has 0 aliphatic carbocycles. The topological polar surface area (TPSA) is 81.1 Å². The minimum atomic E-state index is -1.01. The number of carbonyl (C=O) groups excluding carboxylic acids is 2. The van der Waals surface area contributed by atoms with E-state index in [4.69, 9.17) is 0 Å². The molecule has 2 amide bonds. The van der Waals surface area contributed by atoms with Gasteiger partial charge in [-0.15, -0.1) is 0 Å². The van der Waals surface area contributed by atoms with Gasteiger partial charge in [0.1, 0.15) is 12.1 Å². The standard InChI is InChI=1S/C10H18N2O4/c1-5(2)7-9(13)12(16)8(6(3)4)10(14)11(7)15/h5-8,15-16H,1-4H3/t7-,8-/m0/s1. The summed E-state index contributed by atoms with van der Waals surface area (Å²) in [7, 11) is 0. The Hall–Kier alpha value is -1.14. The first-order chi connectivity index (χ1) is 7.29. The van der Waals surface area contributed by atoms with Gasteiger partial charge in [-0.25, -0.2) is 10.1 Å². The van der Waals surface area contributed by atoms with Crippen LogP contribution in [0, 0.1) is 11.8 Å². The summed E-state index contributed by atoms with van der Waals surface area (Å²) in [5.41, 5.74) is 0. The Balaban J connectivity index is 3.04. The first-order valence-corrected chi connectivity index (χ1v) is 5.33. The molecule has 1 rings (SSSR count). The maximum absolute atomic E-state index is 11.8. The lowest BCUT2D eigenvalue weighted by atomic mass is 9.94. The summed E-state index contributed by atoms with van der Waals surface area (Å²) in [6.07, 6.45) is 0. The summed E-state index contributed by atoms with van der Waals surface area (Å²) in [4.78, 5) is 23.5. The highest BCUT2D eigenvalue weighted by molar-refractivity contribution is 5.95. The maximum Gasteiger partial charge on any atom is 0.272 e. The third-order valence-electron chi connectivity index (χ3n) is 2.75. The molecule has 92 valence electrons. The second-order valence-corrected chi connectivity index (χ2v) is 4.74. The zero-order valence-corrected chi connectivity index (χ0v) is 9.91. The number of piperazine rings is 1. The van der Waals surface area contributed by atoms with E-state index in [1.165, 1.54) is 0 Å². The molecule has 0 spiro atoms. The molecule has 1 aliphatic heterocycles. The Morgan fingerprint density at radius 1 is 0.875 bits per heavy atom. The number of hydrogen-bond acceptors (Lipinski definition) is 4. The van der Waals surface area contributed by atoms with Crippen molar-refractivity contribution in [2.75, 3.05) is 0 Å². The molecule has 2 atom stereocenters. The van der Waals surface area contributed by atoms with Crippen molar-refractivity contribution in [3.8, 4) is 0 Å². The van der Waals surface area contributed by atoms with Crippen molar-refractivity contribution in [3.63, 3.8) is 0 Å². The van der Waals surface area contributed by atoms with Crippen LogP contribution in [-0.4, -0.2) is 44.4 Å². The summed E-state index contributed by atoms with van der Waals surface area (Å²) in [5, 5.41) is 20.2. The van der Waals surface area contributed by atoms with Crippen molar-refractivity contribution in [1.82, 2.24) is 10.1 Å². The van der Waals surface area contributed by atoms with Gasteiger partial charge in [0.15, 0.2) is 0 Å². The van der Waals surface area contributed by atoms with Crippen LogP contribution in [0.5, 0.6) is 0 Å². The number of hydroxylamine groups is 4. The fraction of sp³-hybridized carbons (Fsp3) is 0.800. The van der Waals surface area contributed by atoms with Crippen LogP contribution in [0.25, 0.3) is 0 Å². The molecule has 0 unspecified atom stereocenters. The first-order valence-electron chi connectivity index (χ1n) is 5.33. The van der Waals surface area contributed by atoms with Gasteiger partial charge < -0.3 is 0 Å². The average Bonchev–Trinajstić information content (AvgIpc) is 2.14. The molecule has 6 heteroatoms. The van der Waals surface area contributed by atoms with Gasteiger partial charge in [-0.2, -0.15) is 0 Å². The van der Waals surface area contributed by atoms with Gasteiger partial charge in [-0.05, 0) is 11.8 Å². The first kappa shape index (κ1) is 12.9. The third-order valence-corrected chi connectivity index (χ3v) is 2.75. The molecule has 1 heterocycles. The van der Waals surface area contributed by atoms with Gasteiger partial charge >= 0.3 is 0 Å². The molecular formula is C10H18N2O4. The Morgan fingerprint density at radius 2 is 1.12 bits per heavy atom. The normalized spacial score (nSPS) is 27.2. The lowest BCUT2D eigenvalue weighted by Crippen LogP contribution is -2.65. The van der Waals surface area contributed by atoms with E-state index in [-0.39, 0.29) is 11.8 Å². The molecule has 2 N–H and O–H groups in total. The van der Waals surface area contributed by atoms with Gasteiger partial charge in [0.05, 0.1) is 0 Å². The zero-order valence-electron chi connectivity index (χ0n) is 9.91. The lowest BCUT2D eigenvalue weighted by molar-refractivity contribution is -0.237. The van der Waals surface area contributed by atoms with Crippen LogP contribution in [0.2, 0.25) is 0 Å². The summed E-state index contributed by atoms with van der Waals surface area (Å²) in [5.74, 6) is -1.81. The highest BCUT2D eigenvalue weighted by Gasteiger charge is 2.47. The predicted octanol–water partition coefficient (Wildman–Crippen LogP) is 0.485. The summed E-state index contributed by atoms with van der Waals surface area (Å²) in [6, 6.07) is -2.01. The molecular weight excluding hydrogens is 212 g/mol. The van der Waals surface area contributed by atoms with Crippen molar-refractivity contribution in [1.29, 1.82) is 0 Å². The van der Waals surface area contributed by atoms with Gasteiger partial charge in [0.2, 0.25) is 0 Å². The summed E-state index contributed by atoms with van der Waals surface area (Å²) < 4.78 is 0. The lowest BCUT2D eigenvalue weighted by Gasteiger charge is -2.41. The fourth-order valence-corrected chi connectivity index (χ4v) is 1.89. The van der Waals surface area contributed by atoms with Crippen LogP contribution in [0.3, 0.4) is 0 Å². The maximum atomic E-state index is 11.8. The van der Waals surface area contributed by atoms with Crippen LogP contribution in [0.15, 0.2) is 0 Å². The molecule has 1 fully saturated rings. The number of rotatable bonds is 2. The van der Waals surface area contributed by atoms with Crippen molar-refractivity contribution < 1.29 is 20.0 Å². The second kappa shape index (κ2) is 4.39. The van der Waals surface area contributed by atoms with E-state index in [0.717, 1.165) is 0 Å². The predicted molar refractivity (Wildman–Crippen MR) is 54.5 cm³/mol. The van der Waals surface area contributed by atoms with E-state index in [2.05, 4.69) is 0 Å². The quantitative estimate of drug-likeness (QED) is 0.676. The SMILES string of the molecule is CC(C)[C@H]1C(=O)N(O)[C@@H](C(C)C)C(=O)N1O. The molecule has 1 saturated heterocycles. The van der Waals surface area contributed by atoms with E-state index in [1.54, 1.807) is 27.7 Å². The number of carbonyl (C=O) groups is 2. The number of hydrogen-bond donors (Lipinski definition) is 2. The molecule has 6 nitrogen and oxygen atoms in total. The van der Waals surface area contributed by atoms with Crippen LogP contribution in [0.4, 0.5) is 0 Å². The molecule has 0 aromatic heterocycles. The van der Waals surface area contributed by atoms with Crippen molar-refractivity contribution in [3.05, 3.63) is 0 Å². The van der Waals surface area contributed by atoms with Gasteiger partial charge in [0.25, 0.3) is 11.8 Å². The van der Waals surface area contributed by atoms with Crippen LogP contribution in [-0.2, 0) is 9.59 Å².